The second kappa shape index (κ2) is 9.85. The summed E-state index contributed by atoms with van der Waals surface area (Å²) in [4.78, 5) is 35.9. The molecule has 4 rings (SSSR count). The van der Waals surface area contributed by atoms with E-state index >= 15 is 0 Å². The number of carbonyl (C=O) groups excluding carboxylic acids is 2. The molecule has 180 valence electrons. The monoisotopic (exact) mass is 466 g/mol. The van der Waals surface area contributed by atoms with Gasteiger partial charge in [-0.15, -0.1) is 0 Å². The molecule has 8 nitrogen and oxygen atoms in total. The molecule has 1 heterocycles. The highest BCUT2D eigenvalue weighted by molar-refractivity contribution is 5.81. The number of ether oxygens (including phenoxy) is 2. The second-order valence-corrected chi connectivity index (χ2v) is 9.50. The number of aliphatic carboxylic acids is 1. The van der Waals surface area contributed by atoms with Crippen molar-refractivity contribution >= 4 is 18.0 Å². The standard InChI is InChI=1S/C26H30N2O6/c1-26(2,24(30)31)15-28-23(29)16-11-17(33-13-16)12-27-25(32)34-14-22-20-9-5-3-7-18(20)19-8-4-6-10-21(19)22/h3-10,16-17,22H,11-15H2,1-2H3,(H,27,32)(H,28,29)(H,30,31)/t16-,17-/m0/s1. The molecule has 2 aromatic carbocycles. The molecule has 1 saturated heterocycles. The van der Waals surface area contributed by atoms with Crippen LogP contribution in [0.3, 0.4) is 0 Å². The van der Waals surface area contributed by atoms with Gasteiger partial charge in [0, 0.05) is 19.0 Å². The molecule has 0 aromatic heterocycles. The number of benzene rings is 2. The number of nitrogens with one attached hydrogen (secondary N) is 2. The first-order valence-electron chi connectivity index (χ1n) is 11.5. The highest BCUT2D eigenvalue weighted by Crippen LogP contribution is 2.44. The lowest BCUT2D eigenvalue weighted by Crippen LogP contribution is -2.41. The Morgan fingerprint density at radius 1 is 1.03 bits per heavy atom. The Morgan fingerprint density at radius 2 is 1.65 bits per heavy atom. The molecule has 2 aliphatic rings. The zero-order chi connectivity index (χ0) is 24.3. The minimum Gasteiger partial charge on any atom is -0.481 e. The first-order chi connectivity index (χ1) is 16.3. The Kier molecular flexibility index (Phi) is 6.88. The van der Waals surface area contributed by atoms with E-state index in [0.29, 0.717) is 6.42 Å². The third kappa shape index (κ3) is 5.07. The smallest absolute Gasteiger partial charge is 0.407 e. The van der Waals surface area contributed by atoms with Crippen LogP contribution in [0.15, 0.2) is 48.5 Å². The van der Waals surface area contributed by atoms with E-state index in [9.17, 15) is 14.4 Å². The normalized spacial score (nSPS) is 19.2. The summed E-state index contributed by atoms with van der Waals surface area (Å²) < 4.78 is 11.2. The van der Waals surface area contributed by atoms with Crippen LogP contribution in [0.1, 0.15) is 37.3 Å². The van der Waals surface area contributed by atoms with E-state index in [2.05, 4.69) is 34.9 Å². The highest BCUT2D eigenvalue weighted by atomic mass is 16.5. The number of carbonyl (C=O) groups is 3. The molecule has 2 amide bonds. The molecule has 2 atom stereocenters. The van der Waals surface area contributed by atoms with Gasteiger partial charge in [-0.25, -0.2) is 4.79 Å². The number of carboxylic acid groups (broad SMARTS) is 1. The summed E-state index contributed by atoms with van der Waals surface area (Å²) in [6.45, 7) is 3.86. The summed E-state index contributed by atoms with van der Waals surface area (Å²) in [5.74, 6) is -1.60. The SMILES string of the molecule is CC(C)(CNC(=O)[C@@H]1CO[C@H](CNC(=O)OCC2c3ccccc3-c3ccccc32)C1)C(=O)O. The highest BCUT2D eigenvalue weighted by Gasteiger charge is 2.34. The zero-order valence-electron chi connectivity index (χ0n) is 19.4. The molecule has 8 heteroatoms. The molecular weight excluding hydrogens is 436 g/mol. The molecule has 2 aromatic rings. The van der Waals surface area contributed by atoms with E-state index in [4.69, 9.17) is 14.6 Å². The van der Waals surface area contributed by atoms with Gasteiger partial charge in [-0.3, -0.25) is 9.59 Å². The van der Waals surface area contributed by atoms with Gasteiger partial charge in [-0.05, 0) is 42.5 Å². The quantitative estimate of drug-likeness (QED) is 0.551. The van der Waals surface area contributed by atoms with Crippen LogP contribution in [0.4, 0.5) is 4.79 Å². The van der Waals surface area contributed by atoms with Crippen LogP contribution in [-0.2, 0) is 19.1 Å². The Morgan fingerprint density at radius 3 is 2.26 bits per heavy atom. The fourth-order valence-electron chi connectivity index (χ4n) is 4.41. The van der Waals surface area contributed by atoms with Crippen molar-refractivity contribution in [1.29, 1.82) is 0 Å². The summed E-state index contributed by atoms with van der Waals surface area (Å²) in [6, 6.07) is 16.3. The lowest BCUT2D eigenvalue weighted by molar-refractivity contribution is -0.146. The maximum absolute atomic E-state index is 12.4. The predicted octanol–water partition coefficient (Wildman–Crippen LogP) is 3.16. The average molecular weight is 467 g/mol. The molecule has 1 aliphatic heterocycles. The van der Waals surface area contributed by atoms with Crippen molar-refractivity contribution in [3.63, 3.8) is 0 Å². The van der Waals surface area contributed by atoms with Gasteiger partial charge in [0.15, 0.2) is 0 Å². The lowest BCUT2D eigenvalue weighted by atomic mass is 9.93. The largest absolute Gasteiger partial charge is 0.481 e. The molecule has 0 saturated carbocycles. The van der Waals surface area contributed by atoms with Crippen LogP contribution >= 0.6 is 0 Å². The summed E-state index contributed by atoms with van der Waals surface area (Å²) in [7, 11) is 0. The van der Waals surface area contributed by atoms with Crippen LogP contribution in [0, 0.1) is 11.3 Å². The van der Waals surface area contributed by atoms with Gasteiger partial charge in [-0.2, -0.15) is 0 Å². The van der Waals surface area contributed by atoms with Crippen LogP contribution in [0.25, 0.3) is 11.1 Å². The van der Waals surface area contributed by atoms with Crippen molar-refractivity contribution in [2.75, 3.05) is 26.3 Å². The van der Waals surface area contributed by atoms with Crippen molar-refractivity contribution in [2.24, 2.45) is 11.3 Å². The Hall–Kier alpha value is -3.39. The van der Waals surface area contributed by atoms with Crippen LogP contribution < -0.4 is 10.6 Å². The third-order valence-electron chi connectivity index (χ3n) is 6.55. The number of carboxylic acids is 1. The number of hydrogen-bond donors (Lipinski definition) is 3. The molecule has 3 N–H and O–H groups in total. The Balaban J connectivity index is 1.23. The van der Waals surface area contributed by atoms with Gasteiger partial charge in [0.25, 0.3) is 0 Å². The minimum atomic E-state index is -1.04. The number of rotatable bonds is 8. The molecular formula is C26H30N2O6. The van der Waals surface area contributed by atoms with Gasteiger partial charge < -0.3 is 25.2 Å². The second-order valence-electron chi connectivity index (χ2n) is 9.50. The predicted molar refractivity (Wildman–Crippen MR) is 125 cm³/mol. The third-order valence-corrected chi connectivity index (χ3v) is 6.55. The number of alkyl carbamates (subject to hydrolysis) is 1. The van der Waals surface area contributed by atoms with Crippen LogP contribution in [0.2, 0.25) is 0 Å². The number of fused-ring (bicyclic) bond motifs is 3. The molecule has 0 spiro atoms. The van der Waals surface area contributed by atoms with E-state index in [1.165, 1.54) is 11.1 Å². The first-order valence-corrected chi connectivity index (χ1v) is 11.5. The lowest BCUT2D eigenvalue weighted by Gasteiger charge is -2.20. The van der Waals surface area contributed by atoms with E-state index in [-0.39, 0.29) is 50.2 Å². The first kappa shape index (κ1) is 23.8. The van der Waals surface area contributed by atoms with Gasteiger partial charge >= 0.3 is 12.1 Å². The van der Waals surface area contributed by atoms with Gasteiger partial charge in [0.05, 0.1) is 24.0 Å². The molecule has 0 unspecified atom stereocenters. The number of hydrogen-bond acceptors (Lipinski definition) is 5. The van der Waals surface area contributed by atoms with Crippen molar-refractivity contribution in [1.82, 2.24) is 10.6 Å². The number of amides is 2. The topological polar surface area (TPSA) is 114 Å². The van der Waals surface area contributed by atoms with Gasteiger partial charge in [-0.1, -0.05) is 48.5 Å². The fraction of sp³-hybridized carbons (Fsp3) is 0.423. The summed E-state index contributed by atoms with van der Waals surface area (Å²) in [6.07, 6.45) is -0.381. The molecule has 0 bridgehead atoms. The van der Waals surface area contributed by atoms with E-state index in [0.717, 1.165) is 11.1 Å². The molecule has 34 heavy (non-hydrogen) atoms. The van der Waals surface area contributed by atoms with Crippen molar-refractivity contribution in [3.8, 4) is 11.1 Å². The van der Waals surface area contributed by atoms with Crippen molar-refractivity contribution < 1.29 is 29.0 Å². The summed E-state index contributed by atoms with van der Waals surface area (Å²) in [5.41, 5.74) is 3.59. The van der Waals surface area contributed by atoms with E-state index in [1.54, 1.807) is 13.8 Å². The van der Waals surface area contributed by atoms with Gasteiger partial charge in [0.1, 0.15) is 6.61 Å². The van der Waals surface area contributed by atoms with Crippen LogP contribution in [-0.4, -0.2) is 55.5 Å². The minimum absolute atomic E-state index is 0.0102. The van der Waals surface area contributed by atoms with Crippen molar-refractivity contribution in [3.05, 3.63) is 59.7 Å². The average Bonchev–Trinajstić information content (AvgIpc) is 3.43. The van der Waals surface area contributed by atoms with E-state index in [1.807, 2.05) is 24.3 Å². The van der Waals surface area contributed by atoms with Gasteiger partial charge in [0.2, 0.25) is 5.91 Å². The molecule has 1 aliphatic carbocycles. The fourth-order valence-corrected chi connectivity index (χ4v) is 4.41. The van der Waals surface area contributed by atoms with Crippen LogP contribution in [0.5, 0.6) is 0 Å². The maximum Gasteiger partial charge on any atom is 0.407 e. The summed E-state index contributed by atoms with van der Waals surface area (Å²) in [5, 5.41) is 14.6. The van der Waals surface area contributed by atoms with Crippen molar-refractivity contribution in [2.45, 2.75) is 32.3 Å². The zero-order valence-corrected chi connectivity index (χ0v) is 19.4. The molecule has 1 fully saturated rings. The summed E-state index contributed by atoms with van der Waals surface area (Å²) >= 11 is 0. The Bertz CT molecular complexity index is 1040. The van der Waals surface area contributed by atoms with E-state index < -0.39 is 17.5 Å². The molecule has 0 radical (unpaired) electrons. The Labute approximate surface area is 198 Å². The maximum atomic E-state index is 12.4.